The summed E-state index contributed by atoms with van der Waals surface area (Å²) < 4.78 is 18.9. The van der Waals surface area contributed by atoms with Crippen LogP contribution in [0.5, 0.6) is 0 Å². The smallest absolute Gasteiger partial charge is 0.387 e. The summed E-state index contributed by atoms with van der Waals surface area (Å²) in [5, 5.41) is 2.13. The maximum Gasteiger partial charge on any atom is 0.387 e. The second kappa shape index (κ2) is 7.50. The van der Waals surface area contributed by atoms with Gasteiger partial charge in [0.2, 0.25) is 0 Å². The van der Waals surface area contributed by atoms with Crippen LogP contribution in [0.4, 0.5) is 0 Å². The first-order chi connectivity index (χ1) is 12.6. The number of benzene rings is 2. The molecule has 26 heavy (non-hydrogen) atoms. The molecule has 1 aliphatic rings. The number of rotatable bonds is 3. The van der Waals surface area contributed by atoms with Gasteiger partial charge in [-0.1, -0.05) is 63.6 Å². The molecule has 1 saturated carbocycles. The second-order valence-electron chi connectivity index (χ2n) is 7.87. The molecule has 0 aliphatic heterocycles. The average Bonchev–Trinajstić information content (AvgIpc) is 2.78. The van der Waals surface area contributed by atoms with E-state index < -0.39 is 8.24 Å². The number of hydrogen-bond acceptors (Lipinski definition) is 3. The zero-order valence-corrected chi connectivity index (χ0v) is 16.6. The first kappa shape index (κ1) is 17.7. The largest absolute Gasteiger partial charge is 0.399 e. The fourth-order valence-corrected chi connectivity index (χ4v) is 5.33. The van der Waals surface area contributed by atoms with Crippen molar-refractivity contribution in [3.05, 3.63) is 48.5 Å². The lowest BCUT2D eigenvalue weighted by Crippen LogP contribution is -2.35. The zero-order chi connectivity index (χ0) is 18.1. The number of fused-ring (bicyclic) bond motifs is 3. The predicted octanol–water partition coefficient (Wildman–Crippen LogP) is 7.18. The van der Waals surface area contributed by atoms with Crippen molar-refractivity contribution in [1.29, 1.82) is 0 Å². The van der Waals surface area contributed by atoms with E-state index in [1.54, 1.807) is 0 Å². The van der Waals surface area contributed by atoms with Gasteiger partial charge in [-0.15, -0.1) is 0 Å². The van der Waals surface area contributed by atoms with E-state index in [9.17, 15) is 0 Å². The Labute approximate surface area is 156 Å². The van der Waals surface area contributed by atoms with Crippen LogP contribution in [0.3, 0.4) is 0 Å². The third-order valence-corrected chi connectivity index (χ3v) is 6.73. The van der Waals surface area contributed by atoms with Gasteiger partial charge >= 0.3 is 8.24 Å². The monoisotopic (exact) mass is 370 g/mol. The van der Waals surface area contributed by atoms with Crippen molar-refractivity contribution in [3.63, 3.8) is 0 Å². The molecule has 1 heterocycles. The molecular formula is C22H27O3P. The molecule has 4 heteroatoms. The van der Waals surface area contributed by atoms with Crippen LogP contribution in [0.15, 0.2) is 56.9 Å². The second-order valence-corrected chi connectivity index (χ2v) is 8.89. The molecule has 0 amide bonds. The van der Waals surface area contributed by atoms with Crippen molar-refractivity contribution in [2.45, 2.75) is 46.1 Å². The summed E-state index contributed by atoms with van der Waals surface area (Å²) >= 11 is 0. The normalized spacial score (nSPS) is 23.6. The number of hydrogen-bond donors (Lipinski definition) is 0. The van der Waals surface area contributed by atoms with E-state index in [-0.39, 0.29) is 6.10 Å². The van der Waals surface area contributed by atoms with Crippen LogP contribution in [0.25, 0.3) is 21.9 Å². The predicted molar refractivity (Wildman–Crippen MR) is 108 cm³/mol. The lowest BCUT2D eigenvalue weighted by atomic mass is 9.75. The van der Waals surface area contributed by atoms with Crippen molar-refractivity contribution in [2.75, 3.05) is 0 Å². The van der Waals surface area contributed by atoms with Crippen LogP contribution in [-0.2, 0) is 0 Å². The molecule has 3 atom stereocenters. The standard InChI is InChI=1S/C22H27O3P/c1-15(2)17-13-12-16(3)14-22(17)25-26-23-20-10-6-4-8-18(20)19-9-5-7-11-21(19)24-26/h4-11,15-17,22H,12-14H2,1-3H3/t16-,17?,22-/m1/s1. The quantitative estimate of drug-likeness (QED) is 0.490. The van der Waals surface area contributed by atoms with E-state index in [4.69, 9.17) is 12.9 Å². The summed E-state index contributed by atoms with van der Waals surface area (Å²) in [4.78, 5) is 0. The van der Waals surface area contributed by atoms with E-state index in [0.717, 1.165) is 28.4 Å². The molecule has 138 valence electrons. The zero-order valence-electron chi connectivity index (χ0n) is 15.7. The highest BCUT2D eigenvalue weighted by atomic mass is 31.1. The Balaban J connectivity index is 1.80. The minimum absolute atomic E-state index is 0.197. The summed E-state index contributed by atoms with van der Waals surface area (Å²) in [7, 11) is -1.46. The van der Waals surface area contributed by atoms with Crippen LogP contribution in [0.1, 0.15) is 40.0 Å². The summed E-state index contributed by atoms with van der Waals surface area (Å²) in [5.41, 5.74) is 1.68. The molecule has 1 fully saturated rings. The summed E-state index contributed by atoms with van der Waals surface area (Å²) in [5.74, 6) is 1.86. The SMILES string of the molecule is CC(C)C1CC[C@@H](C)C[C@H]1Op1oc2ccccc2c2ccccc2o1. The maximum atomic E-state index is 6.49. The molecule has 3 aromatic rings. The molecular weight excluding hydrogens is 343 g/mol. The molecule has 0 saturated heterocycles. The Hall–Kier alpha value is -1.70. The fraction of sp³-hybridized carbons (Fsp3) is 0.455. The summed E-state index contributed by atoms with van der Waals surface area (Å²) in [6, 6.07) is 16.2. The van der Waals surface area contributed by atoms with Gasteiger partial charge in [0.25, 0.3) is 0 Å². The van der Waals surface area contributed by atoms with Gasteiger partial charge < -0.3 is 8.39 Å². The van der Waals surface area contributed by atoms with Gasteiger partial charge in [0.15, 0.2) is 0 Å². The van der Waals surface area contributed by atoms with Crippen molar-refractivity contribution >= 4 is 30.2 Å². The highest BCUT2D eigenvalue weighted by Crippen LogP contribution is 2.40. The third-order valence-electron chi connectivity index (χ3n) is 5.59. The summed E-state index contributed by atoms with van der Waals surface area (Å²) in [6.07, 6.45) is 3.79. The highest BCUT2D eigenvalue weighted by molar-refractivity contribution is 7.31. The van der Waals surface area contributed by atoms with Gasteiger partial charge in [-0.3, -0.25) is 4.52 Å². The lowest BCUT2D eigenvalue weighted by molar-refractivity contribution is 0.0746. The molecule has 0 radical (unpaired) electrons. The van der Waals surface area contributed by atoms with E-state index >= 15 is 0 Å². The minimum atomic E-state index is -1.46. The average molecular weight is 370 g/mol. The van der Waals surface area contributed by atoms with Gasteiger partial charge in [-0.2, -0.15) is 0 Å². The molecule has 1 aliphatic carbocycles. The van der Waals surface area contributed by atoms with Gasteiger partial charge in [0.1, 0.15) is 11.2 Å². The van der Waals surface area contributed by atoms with Gasteiger partial charge in [0, 0.05) is 10.8 Å². The van der Waals surface area contributed by atoms with Crippen LogP contribution in [-0.4, -0.2) is 6.10 Å². The molecule has 4 rings (SSSR count). The maximum absolute atomic E-state index is 6.49. The third kappa shape index (κ3) is 3.56. The minimum Gasteiger partial charge on any atom is -0.399 e. The van der Waals surface area contributed by atoms with E-state index in [1.807, 2.05) is 36.4 Å². The van der Waals surface area contributed by atoms with E-state index in [0.29, 0.717) is 17.8 Å². The van der Waals surface area contributed by atoms with Crippen molar-refractivity contribution in [1.82, 2.24) is 0 Å². The first-order valence-electron chi connectivity index (χ1n) is 9.63. The molecule has 2 aromatic carbocycles. The van der Waals surface area contributed by atoms with Crippen molar-refractivity contribution in [3.8, 4) is 0 Å². The molecule has 0 spiro atoms. The van der Waals surface area contributed by atoms with Crippen LogP contribution in [0.2, 0.25) is 0 Å². The van der Waals surface area contributed by atoms with E-state index in [2.05, 4.69) is 32.9 Å². The molecule has 0 N–H and O–H groups in total. The van der Waals surface area contributed by atoms with Gasteiger partial charge in [0.05, 0.1) is 6.10 Å². The Morgan fingerprint density at radius 2 is 1.50 bits per heavy atom. The molecule has 1 unspecified atom stereocenters. The Kier molecular flexibility index (Phi) is 5.11. The lowest BCUT2D eigenvalue weighted by Gasteiger charge is -2.35. The van der Waals surface area contributed by atoms with Crippen LogP contribution < -0.4 is 4.52 Å². The molecule has 3 nitrogen and oxygen atoms in total. The highest BCUT2D eigenvalue weighted by Gasteiger charge is 2.33. The van der Waals surface area contributed by atoms with Crippen molar-refractivity contribution in [2.24, 2.45) is 17.8 Å². The molecule has 1 aromatic heterocycles. The Morgan fingerprint density at radius 1 is 0.923 bits per heavy atom. The van der Waals surface area contributed by atoms with Gasteiger partial charge in [-0.25, -0.2) is 0 Å². The fourth-order valence-electron chi connectivity index (χ4n) is 4.11. The van der Waals surface area contributed by atoms with Crippen molar-refractivity contribution < 1.29 is 12.9 Å². The molecule has 0 bridgehead atoms. The van der Waals surface area contributed by atoms with Crippen LogP contribution >= 0.6 is 8.24 Å². The van der Waals surface area contributed by atoms with Gasteiger partial charge in [-0.05, 0) is 42.7 Å². The summed E-state index contributed by atoms with van der Waals surface area (Å²) in [6.45, 7) is 6.91. The number of para-hydroxylation sites is 2. The van der Waals surface area contributed by atoms with Crippen LogP contribution in [0, 0.1) is 17.8 Å². The Morgan fingerprint density at radius 3 is 2.08 bits per heavy atom. The topological polar surface area (TPSA) is 35.5 Å². The van der Waals surface area contributed by atoms with E-state index in [1.165, 1.54) is 12.8 Å². The Bertz CT molecular complexity index is 873. The first-order valence-corrected chi connectivity index (χ1v) is 10.7.